The molecule has 4 heteroatoms. The van der Waals surface area contributed by atoms with E-state index in [1.807, 2.05) is 0 Å². The Kier molecular flexibility index (Phi) is 4.96. The van der Waals surface area contributed by atoms with Gasteiger partial charge < -0.3 is 5.11 Å². The van der Waals surface area contributed by atoms with Crippen molar-refractivity contribution in [3.63, 3.8) is 0 Å². The van der Waals surface area contributed by atoms with E-state index in [0.29, 0.717) is 5.56 Å². The van der Waals surface area contributed by atoms with E-state index in [9.17, 15) is 4.79 Å². The highest BCUT2D eigenvalue weighted by Crippen LogP contribution is 2.20. The zero-order chi connectivity index (χ0) is 12.1. The van der Waals surface area contributed by atoms with Crippen LogP contribution < -0.4 is 0 Å². The minimum Gasteiger partial charge on any atom is -0.478 e. The first-order valence-corrected chi connectivity index (χ1v) is 6.11. The van der Waals surface area contributed by atoms with Gasteiger partial charge >= 0.3 is 5.97 Å². The van der Waals surface area contributed by atoms with Crippen LogP contribution in [0.4, 0.5) is 0 Å². The molecule has 16 heavy (non-hydrogen) atoms. The van der Waals surface area contributed by atoms with Crippen LogP contribution in [0.15, 0.2) is 22.7 Å². The molecule has 0 atom stereocenters. The zero-order valence-corrected chi connectivity index (χ0v) is 11.1. The van der Waals surface area contributed by atoms with E-state index in [4.69, 9.17) is 5.11 Å². The summed E-state index contributed by atoms with van der Waals surface area (Å²) in [7, 11) is 0. The number of nitrogens with zero attached hydrogens (tertiary/aromatic N) is 1. The van der Waals surface area contributed by atoms with Gasteiger partial charge in [-0.15, -0.1) is 0 Å². The Hall–Kier alpha value is -0.870. The van der Waals surface area contributed by atoms with E-state index in [2.05, 4.69) is 34.7 Å². The van der Waals surface area contributed by atoms with Crippen molar-refractivity contribution >= 4 is 21.9 Å². The van der Waals surface area contributed by atoms with Crippen LogP contribution >= 0.6 is 15.9 Å². The molecule has 0 aliphatic rings. The van der Waals surface area contributed by atoms with E-state index < -0.39 is 5.97 Å². The number of hydrogen-bond donors (Lipinski definition) is 1. The minimum absolute atomic E-state index is 0.338. The van der Waals surface area contributed by atoms with Crippen LogP contribution in [0.25, 0.3) is 0 Å². The first kappa shape index (κ1) is 13.2. The molecular weight excluding hydrogens is 270 g/mol. The molecule has 0 saturated heterocycles. The third-order valence-corrected chi connectivity index (χ3v) is 3.35. The zero-order valence-electron chi connectivity index (χ0n) is 9.53. The summed E-state index contributed by atoms with van der Waals surface area (Å²) in [5.74, 6) is -0.881. The smallest absolute Gasteiger partial charge is 0.335 e. The SMILES string of the molecule is CCN(CC)Cc1cc(C(=O)O)ccc1Br. The highest BCUT2D eigenvalue weighted by molar-refractivity contribution is 9.10. The van der Waals surface area contributed by atoms with Crippen LogP contribution in [0, 0.1) is 0 Å². The fourth-order valence-electron chi connectivity index (χ4n) is 1.52. The highest BCUT2D eigenvalue weighted by Gasteiger charge is 2.09. The predicted octanol–water partition coefficient (Wildman–Crippen LogP) is 2.99. The fourth-order valence-corrected chi connectivity index (χ4v) is 1.89. The van der Waals surface area contributed by atoms with Gasteiger partial charge in [-0.2, -0.15) is 0 Å². The molecule has 1 rings (SSSR count). The van der Waals surface area contributed by atoms with Crippen LogP contribution in [0.5, 0.6) is 0 Å². The number of aromatic carboxylic acids is 1. The first-order chi connectivity index (χ1) is 7.58. The first-order valence-electron chi connectivity index (χ1n) is 5.32. The van der Waals surface area contributed by atoms with Crippen molar-refractivity contribution in [1.29, 1.82) is 0 Å². The molecule has 0 fully saturated rings. The predicted molar refractivity (Wildman–Crippen MR) is 67.7 cm³/mol. The van der Waals surface area contributed by atoms with Gasteiger partial charge in [-0.25, -0.2) is 4.79 Å². The van der Waals surface area contributed by atoms with Gasteiger partial charge in [0.1, 0.15) is 0 Å². The van der Waals surface area contributed by atoms with Gasteiger partial charge in [0.15, 0.2) is 0 Å². The lowest BCUT2D eigenvalue weighted by Gasteiger charge is -2.19. The summed E-state index contributed by atoms with van der Waals surface area (Å²) in [6.45, 7) is 6.88. The molecule has 1 N–H and O–H groups in total. The molecule has 0 aliphatic carbocycles. The number of carboxylic acids is 1. The number of rotatable bonds is 5. The Morgan fingerprint density at radius 1 is 1.38 bits per heavy atom. The largest absolute Gasteiger partial charge is 0.478 e. The lowest BCUT2D eigenvalue weighted by molar-refractivity contribution is 0.0696. The molecule has 0 spiro atoms. The van der Waals surface area contributed by atoms with Crippen molar-refractivity contribution in [2.75, 3.05) is 13.1 Å². The molecule has 3 nitrogen and oxygen atoms in total. The molecule has 0 amide bonds. The van der Waals surface area contributed by atoms with E-state index in [1.165, 1.54) is 0 Å². The van der Waals surface area contributed by atoms with Crippen molar-refractivity contribution in [3.05, 3.63) is 33.8 Å². The second-order valence-electron chi connectivity index (χ2n) is 3.57. The molecule has 1 aromatic rings. The lowest BCUT2D eigenvalue weighted by Crippen LogP contribution is -2.22. The van der Waals surface area contributed by atoms with Crippen LogP contribution in [-0.4, -0.2) is 29.1 Å². The summed E-state index contributed by atoms with van der Waals surface area (Å²) in [6, 6.07) is 5.13. The Morgan fingerprint density at radius 3 is 2.50 bits per heavy atom. The van der Waals surface area contributed by atoms with Crippen molar-refractivity contribution in [1.82, 2.24) is 4.90 Å². The quantitative estimate of drug-likeness (QED) is 0.904. The summed E-state index contributed by atoms with van der Waals surface area (Å²) in [5.41, 5.74) is 1.36. The van der Waals surface area contributed by atoms with Crippen LogP contribution in [-0.2, 0) is 6.54 Å². The minimum atomic E-state index is -0.881. The number of halogens is 1. The molecule has 1 aromatic carbocycles. The summed E-state index contributed by atoms with van der Waals surface area (Å²) in [4.78, 5) is 13.1. The van der Waals surface area contributed by atoms with Gasteiger partial charge in [-0.3, -0.25) is 4.90 Å². The van der Waals surface area contributed by atoms with Crippen LogP contribution in [0.3, 0.4) is 0 Å². The number of benzene rings is 1. The maximum Gasteiger partial charge on any atom is 0.335 e. The standard InChI is InChI=1S/C12H16BrNO2/c1-3-14(4-2)8-10-7-9(12(15)16)5-6-11(10)13/h5-7H,3-4,8H2,1-2H3,(H,15,16). The molecule has 0 aliphatic heterocycles. The third-order valence-electron chi connectivity index (χ3n) is 2.58. The van der Waals surface area contributed by atoms with Gasteiger partial charge in [-0.05, 0) is 36.9 Å². The number of hydrogen-bond acceptors (Lipinski definition) is 2. The van der Waals surface area contributed by atoms with Gasteiger partial charge in [0.2, 0.25) is 0 Å². The average molecular weight is 286 g/mol. The van der Waals surface area contributed by atoms with Crippen LogP contribution in [0.2, 0.25) is 0 Å². The Balaban J connectivity index is 2.93. The monoisotopic (exact) mass is 285 g/mol. The molecule has 0 heterocycles. The molecule has 0 saturated carbocycles. The Bertz CT molecular complexity index is 375. The molecule has 0 unspecified atom stereocenters. The van der Waals surface area contributed by atoms with Gasteiger partial charge in [0.25, 0.3) is 0 Å². The Labute approximate surface area is 104 Å². The van der Waals surface area contributed by atoms with E-state index in [1.54, 1.807) is 18.2 Å². The maximum absolute atomic E-state index is 10.9. The van der Waals surface area contributed by atoms with E-state index >= 15 is 0 Å². The second kappa shape index (κ2) is 6.01. The summed E-state index contributed by atoms with van der Waals surface area (Å²) in [6.07, 6.45) is 0. The number of carbonyl (C=O) groups is 1. The average Bonchev–Trinajstić information content (AvgIpc) is 2.27. The van der Waals surface area contributed by atoms with E-state index in [-0.39, 0.29) is 0 Å². The lowest BCUT2D eigenvalue weighted by atomic mass is 10.1. The third kappa shape index (κ3) is 3.32. The maximum atomic E-state index is 10.9. The fraction of sp³-hybridized carbons (Fsp3) is 0.417. The molecule has 88 valence electrons. The topological polar surface area (TPSA) is 40.5 Å². The molecule has 0 aromatic heterocycles. The second-order valence-corrected chi connectivity index (χ2v) is 4.43. The van der Waals surface area contributed by atoms with Crippen molar-refractivity contribution in [3.8, 4) is 0 Å². The molecular formula is C12H16BrNO2. The number of carboxylic acid groups (broad SMARTS) is 1. The van der Waals surface area contributed by atoms with Crippen molar-refractivity contribution in [2.24, 2.45) is 0 Å². The van der Waals surface area contributed by atoms with Crippen LogP contribution in [0.1, 0.15) is 29.8 Å². The van der Waals surface area contributed by atoms with Gasteiger partial charge in [-0.1, -0.05) is 29.8 Å². The molecule has 0 bridgehead atoms. The highest BCUT2D eigenvalue weighted by atomic mass is 79.9. The Morgan fingerprint density at radius 2 is 2.00 bits per heavy atom. The summed E-state index contributed by atoms with van der Waals surface area (Å²) < 4.78 is 0.962. The normalized spacial score (nSPS) is 10.8. The summed E-state index contributed by atoms with van der Waals surface area (Å²) in [5, 5.41) is 8.92. The summed E-state index contributed by atoms with van der Waals surface area (Å²) >= 11 is 3.45. The van der Waals surface area contributed by atoms with Crippen molar-refractivity contribution in [2.45, 2.75) is 20.4 Å². The van der Waals surface area contributed by atoms with E-state index in [0.717, 1.165) is 29.7 Å². The van der Waals surface area contributed by atoms with Gasteiger partial charge in [0, 0.05) is 11.0 Å². The van der Waals surface area contributed by atoms with Gasteiger partial charge in [0.05, 0.1) is 5.56 Å². The van der Waals surface area contributed by atoms with Crippen molar-refractivity contribution < 1.29 is 9.90 Å². The molecule has 0 radical (unpaired) electrons.